The van der Waals surface area contributed by atoms with E-state index in [1.165, 1.54) is 0 Å². The van der Waals surface area contributed by atoms with Gasteiger partial charge in [-0.15, -0.1) is 0 Å². The number of unbranched alkanes of at least 4 members (excludes halogenated alkanes) is 1. The highest BCUT2D eigenvalue weighted by Gasteiger charge is 2.32. The zero-order valence-electron chi connectivity index (χ0n) is 19.7. The third-order valence-corrected chi connectivity index (χ3v) is 6.03. The van der Waals surface area contributed by atoms with Crippen LogP contribution in [0.3, 0.4) is 0 Å². The fourth-order valence-corrected chi connectivity index (χ4v) is 3.75. The molecule has 1 aromatic rings. The first-order valence-corrected chi connectivity index (χ1v) is 11.1. The topological polar surface area (TPSA) is 105 Å². The van der Waals surface area contributed by atoms with E-state index in [9.17, 15) is 14.9 Å². The second-order valence-corrected chi connectivity index (χ2v) is 8.27. The molecular weight excluding hydrogens is 408 g/mol. The number of pyridine rings is 1. The lowest BCUT2D eigenvalue weighted by Gasteiger charge is -2.41. The number of methoxy groups -OCH3 is 1. The molecule has 0 spiro atoms. The summed E-state index contributed by atoms with van der Waals surface area (Å²) in [5.74, 6) is -0.267. The maximum atomic E-state index is 12.1. The van der Waals surface area contributed by atoms with Gasteiger partial charge in [0, 0.05) is 39.2 Å². The Bertz CT molecular complexity index is 882. The predicted molar refractivity (Wildman–Crippen MR) is 123 cm³/mol. The number of allylic oxidation sites excluding steroid dienone is 1. The molecule has 2 heterocycles. The average molecular weight is 443 g/mol. The molecule has 0 bridgehead atoms. The third-order valence-electron chi connectivity index (χ3n) is 6.03. The summed E-state index contributed by atoms with van der Waals surface area (Å²) in [6.07, 6.45) is 5.27. The van der Waals surface area contributed by atoms with Crippen LogP contribution < -0.4 is 5.32 Å². The first kappa shape index (κ1) is 25.3. The van der Waals surface area contributed by atoms with Gasteiger partial charge < -0.3 is 19.7 Å². The van der Waals surface area contributed by atoms with E-state index in [2.05, 4.69) is 17.2 Å². The number of aromatic nitrogens is 1. The molecule has 0 amide bonds. The maximum absolute atomic E-state index is 12.1. The molecule has 1 aliphatic heterocycles. The highest BCUT2D eigenvalue weighted by atomic mass is 16.5. The molecule has 1 aromatic heterocycles. The molecule has 0 saturated carbocycles. The number of aldehydes is 1. The zero-order valence-corrected chi connectivity index (χ0v) is 19.7. The minimum atomic E-state index is -0.551. The molecule has 0 aliphatic carbocycles. The molecule has 1 unspecified atom stereocenters. The fourth-order valence-electron chi connectivity index (χ4n) is 3.75. The summed E-state index contributed by atoms with van der Waals surface area (Å²) in [7, 11) is 3.47. The number of nitriles is 1. The molecule has 8 nitrogen and oxygen atoms in total. The number of ether oxygens (including phenoxy) is 2. The Kier molecular flexibility index (Phi) is 9.21. The van der Waals surface area contributed by atoms with Crippen molar-refractivity contribution in [3.8, 4) is 6.07 Å². The van der Waals surface area contributed by atoms with Crippen molar-refractivity contribution in [1.29, 1.82) is 5.26 Å². The summed E-state index contributed by atoms with van der Waals surface area (Å²) < 4.78 is 11.2. The lowest BCUT2D eigenvalue weighted by molar-refractivity contribution is -0.148. The summed E-state index contributed by atoms with van der Waals surface area (Å²) in [6, 6.07) is 3.84. The smallest absolute Gasteiger partial charge is 0.306 e. The van der Waals surface area contributed by atoms with Crippen LogP contribution in [-0.4, -0.2) is 55.0 Å². The molecule has 174 valence electrons. The zero-order chi connectivity index (χ0) is 23.7. The molecule has 1 saturated heterocycles. The van der Waals surface area contributed by atoms with Crippen LogP contribution in [0.5, 0.6) is 0 Å². The fraction of sp³-hybridized carbons (Fsp3) is 0.583. The number of nitrogens with one attached hydrogen (secondary N) is 1. The molecule has 1 atom stereocenters. The van der Waals surface area contributed by atoms with E-state index in [0.717, 1.165) is 25.7 Å². The normalized spacial score (nSPS) is 17.1. The van der Waals surface area contributed by atoms with E-state index in [1.807, 2.05) is 17.9 Å². The van der Waals surface area contributed by atoms with Gasteiger partial charge >= 0.3 is 5.97 Å². The van der Waals surface area contributed by atoms with Crippen molar-refractivity contribution >= 4 is 23.6 Å². The number of likely N-dealkylation sites (tertiary alicyclic amines) is 1. The number of rotatable bonds is 10. The molecule has 1 N–H and O–H groups in total. The molecule has 1 fully saturated rings. The van der Waals surface area contributed by atoms with E-state index in [4.69, 9.17) is 9.47 Å². The van der Waals surface area contributed by atoms with Crippen LogP contribution >= 0.6 is 0 Å². The summed E-state index contributed by atoms with van der Waals surface area (Å²) >= 11 is 0. The van der Waals surface area contributed by atoms with Crippen molar-refractivity contribution in [2.75, 3.05) is 32.6 Å². The minimum Gasteiger partial charge on any atom is -0.456 e. The van der Waals surface area contributed by atoms with Crippen molar-refractivity contribution in [3.05, 3.63) is 29.1 Å². The first-order chi connectivity index (χ1) is 15.3. The van der Waals surface area contributed by atoms with Crippen LogP contribution in [0.2, 0.25) is 0 Å². The van der Waals surface area contributed by atoms with Crippen LogP contribution in [0.1, 0.15) is 70.2 Å². The molecule has 8 heteroatoms. The second kappa shape index (κ2) is 11.6. The molecule has 0 aromatic carbocycles. The van der Waals surface area contributed by atoms with E-state index in [0.29, 0.717) is 48.4 Å². The Morgan fingerprint density at radius 3 is 2.66 bits per heavy atom. The predicted octanol–water partition coefficient (Wildman–Crippen LogP) is 3.85. The Morgan fingerprint density at radius 2 is 2.12 bits per heavy atom. The van der Waals surface area contributed by atoms with Crippen molar-refractivity contribution in [2.24, 2.45) is 0 Å². The van der Waals surface area contributed by atoms with Gasteiger partial charge in [-0.05, 0) is 39.2 Å². The van der Waals surface area contributed by atoms with Crippen LogP contribution in [0.25, 0.3) is 5.70 Å². The summed E-state index contributed by atoms with van der Waals surface area (Å²) in [4.78, 5) is 30.4. The lowest BCUT2D eigenvalue weighted by Crippen LogP contribution is -2.43. The Labute approximate surface area is 190 Å². The monoisotopic (exact) mass is 442 g/mol. The Morgan fingerprint density at radius 1 is 1.44 bits per heavy atom. The largest absolute Gasteiger partial charge is 0.456 e. The number of hydrogen-bond donors (Lipinski definition) is 1. The van der Waals surface area contributed by atoms with Crippen molar-refractivity contribution < 1.29 is 19.1 Å². The van der Waals surface area contributed by atoms with Crippen LogP contribution in [0.15, 0.2) is 17.8 Å². The van der Waals surface area contributed by atoms with Crippen LogP contribution in [0.4, 0.5) is 5.69 Å². The molecule has 0 radical (unpaired) electrons. The minimum absolute atomic E-state index is 0.0484. The summed E-state index contributed by atoms with van der Waals surface area (Å²) in [5, 5.41) is 12.8. The Hall–Kier alpha value is -2.92. The van der Waals surface area contributed by atoms with E-state index in [1.54, 1.807) is 33.3 Å². The number of nitrogens with zero attached hydrogens (tertiary/aromatic N) is 3. The number of anilines is 1. The highest BCUT2D eigenvalue weighted by Crippen LogP contribution is 2.35. The number of carbonyl (C=O) groups excluding carboxylic acids is 2. The SMILES string of the molecule is CCCCC(=O)OC(C)c1cc(/C(=C(/C#N)C=O)N2CCC(C)(OC)CC2)c(NC)cn1. The van der Waals surface area contributed by atoms with Gasteiger partial charge in [-0.2, -0.15) is 5.26 Å². The summed E-state index contributed by atoms with van der Waals surface area (Å²) in [6.45, 7) is 7.14. The molecular formula is C24H34N4O4. The van der Waals surface area contributed by atoms with Gasteiger partial charge in [0.25, 0.3) is 0 Å². The summed E-state index contributed by atoms with van der Waals surface area (Å²) in [5.41, 5.74) is 2.29. The van der Waals surface area contributed by atoms with Gasteiger partial charge in [0.15, 0.2) is 6.29 Å². The maximum Gasteiger partial charge on any atom is 0.306 e. The van der Waals surface area contributed by atoms with Crippen molar-refractivity contribution in [1.82, 2.24) is 9.88 Å². The van der Waals surface area contributed by atoms with Gasteiger partial charge in [-0.25, -0.2) is 0 Å². The van der Waals surface area contributed by atoms with Gasteiger partial charge in [-0.3, -0.25) is 14.6 Å². The van der Waals surface area contributed by atoms with Crippen molar-refractivity contribution in [2.45, 2.75) is 64.6 Å². The van der Waals surface area contributed by atoms with E-state index >= 15 is 0 Å². The molecule has 32 heavy (non-hydrogen) atoms. The number of hydrogen-bond acceptors (Lipinski definition) is 8. The van der Waals surface area contributed by atoms with Crippen LogP contribution in [0, 0.1) is 11.3 Å². The van der Waals surface area contributed by atoms with Gasteiger partial charge in [0.2, 0.25) is 0 Å². The Balaban J connectivity index is 2.44. The molecule has 1 aliphatic rings. The van der Waals surface area contributed by atoms with Gasteiger partial charge in [-0.1, -0.05) is 13.3 Å². The van der Waals surface area contributed by atoms with E-state index in [-0.39, 0.29) is 17.1 Å². The average Bonchev–Trinajstić information content (AvgIpc) is 2.81. The van der Waals surface area contributed by atoms with Gasteiger partial charge in [0.05, 0.1) is 28.9 Å². The number of piperidine rings is 1. The second-order valence-electron chi connectivity index (χ2n) is 8.27. The van der Waals surface area contributed by atoms with Gasteiger partial charge in [0.1, 0.15) is 17.7 Å². The molecule has 2 rings (SSSR count). The highest BCUT2D eigenvalue weighted by molar-refractivity contribution is 5.94. The van der Waals surface area contributed by atoms with E-state index < -0.39 is 6.10 Å². The first-order valence-electron chi connectivity index (χ1n) is 11.1. The lowest BCUT2D eigenvalue weighted by atomic mass is 9.91. The standard InChI is InChI=1S/C24H34N4O4/c1-6-7-8-22(30)32-17(2)20-13-19(21(26-4)15-27-20)23(18(14-25)16-29)28-11-9-24(3,31-5)10-12-28/h13,15-17,26H,6-12H2,1-5H3/b23-18+. The quantitative estimate of drug-likeness (QED) is 0.252. The number of esters is 1. The van der Waals surface area contributed by atoms with Crippen molar-refractivity contribution in [3.63, 3.8) is 0 Å². The van der Waals surface area contributed by atoms with Crippen LogP contribution in [-0.2, 0) is 19.1 Å². The third kappa shape index (κ3) is 6.07. The number of carbonyl (C=O) groups is 2.